The maximum Gasteiger partial charge on any atom is 0.0547 e. The maximum atomic E-state index is 11.8. The van der Waals surface area contributed by atoms with E-state index in [2.05, 4.69) is 6.58 Å². The number of allylic oxidation sites excluding steroid dienone is 1. The van der Waals surface area contributed by atoms with Gasteiger partial charge in [0.05, 0.1) is 10.8 Å². The van der Waals surface area contributed by atoms with Crippen LogP contribution in [0, 0.1) is 0 Å². The molecule has 76 valence electrons. The van der Waals surface area contributed by atoms with Gasteiger partial charge in [-0.05, 0) is 24.1 Å². The zero-order valence-corrected chi connectivity index (χ0v) is 9.70. The van der Waals surface area contributed by atoms with Crippen LogP contribution in [0.15, 0.2) is 35.7 Å². The van der Waals surface area contributed by atoms with Crippen LogP contribution in [-0.2, 0) is 10.8 Å². The molecule has 3 heteroatoms. The van der Waals surface area contributed by atoms with E-state index in [-0.39, 0.29) is 0 Å². The van der Waals surface area contributed by atoms with Gasteiger partial charge in [-0.15, -0.1) is 11.6 Å². The van der Waals surface area contributed by atoms with Gasteiger partial charge in [0.15, 0.2) is 0 Å². The van der Waals surface area contributed by atoms with Crippen LogP contribution in [0.4, 0.5) is 0 Å². The Hall–Kier alpha value is -0.600. The first-order chi connectivity index (χ1) is 6.66. The van der Waals surface area contributed by atoms with E-state index >= 15 is 0 Å². The summed E-state index contributed by atoms with van der Waals surface area (Å²) in [5, 5.41) is 0. The third kappa shape index (κ3) is 2.69. The van der Waals surface area contributed by atoms with Crippen molar-refractivity contribution in [2.75, 3.05) is 11.6 Å². The highest BCUT2D eigenvalue weighted by atomic mass is 35.5. The van der Waals surface area contributed by atoms with E-state index in [1.54, 1.807) is 0 Å². The zero-order chi connectivity index (χ0) is 10.6. The third-order valence-corrected chi connectivity index (χ3v) is 3.69. The van der Waals surface area contributed by atoms with Gasteiger partial charge in [0.2, 0.25) is 0 Å². The lowest BCUT2D eigenvalue weighted by molar-refractivity contribution is 0.684. The van der Waals surface area contributed by atoms with Gasteiger partial charge in [0, 0.05) is 16.5 Å². The zero-order valence-electron chi connectivity index (χ0n) is 8.13. The number of hydrogen-bond donors (Lipinski definition) is 0. The molecule has 0 amide bonds. The van der Waals surface area contributed by atoms with Crippen molar-refractivity contribution in [1.29, 1.82) is 0 Å². The summed E-state index contributed by atoms with van der Waals surface area (Å²) in [4.78, 5) is 0.834. The van der Waals surface area contributed by atoms with Gasteiger partial charge in [0.1, 0.15) is 0 Å². The smallest absolute Gasteiger partial charge is 0.0547 e. The van der Waals surface area contributed by atoms with Gasteiger partial charge in [-0.3, -0.25) is 4.21 Å². The molecule has 0 aliphatic carbocycles. The van der Waals surface area contributed by atoms with Gasteiger partial charge < -0.3 is 0 Å². The summed E-state index contributed by atoms with van der Waals surface area (Å²) in [7, 11) is -1.01. The van der Waals surface area contributed by atoms with Crippen molar-refractivity contribution in [3.05, 3.63) is 36.4 Å². The lowest BCUT2D eigenvalue weighted by Crippen LogP contribution is -2.01. The molecule has 0 saturated carbocycles. The normalized spacial score (nSPS) is 12.4. The first-order valence-corrected chi connectivity index (χ1v) is 6.21. The van der Waals surface area contributed by atoms with Gasteiger partial charge in [-0.25, -0.2) is 0 Å². The Labute approximate surface area is 92.2 Å². The first kappa shape index (κ1) is 11.5. The summed E-state index contributed by atoms with van der Waals surface area (Å²) in [6.07, 6.45) is 0. The van der Waals surface area contributed by atoms with Crippen LogP contribution in [0.1, 0.15) is 12.5 Å². The Morgan fingerprint density at radius 2 is 2.14 bits per heavy atom. The van der Waals surface area contributed by atoms with Crippen LogP contribution in [0.5, 0.6) is 0 Å². The summed E-state index contributed by atoms with van der Waals surface area (Å²) >= 11 is 5.56. The van der Waals surface area contributed by atoms with Gasteiger partial charge in [0.25, 0.3) is 0 Å². The third-order valence-electron chi connectivity index (χ3n) is 1.85. The molecule has 0 radical (unpaired) electrons. The van der Waals surface area contributed by atoms with Crippen molar-refractivity contribution in [3.63, 3.8) is 0 Å². The van der Waals surface area contributed by atoms with Crippen LogP contribution in [0.2, 0.25) is 0 Å². The highest BCUT2D eigenvalue weighted by Crippen LogP contribution is 2.20. The molecule has 0 heterocycles. The molecule has 0 spiro atoms. The Morgan fingerprint density at radius 3 is 2.71 bits per heavy atom. The fourth-order valence-corrected chi connectivity index (χ4v) is 2.70. The highest BCUT2D eigenvalue weighted by molar-refractivity contribution is 7.85. The van der Waals surface area contributed by atoms with Crippen molar-refractivity contribution < 1.29 is 4.21 Å². The Bertz CT molecular complexity index is 360. The molecule has 1 aromatic carbocycles. The van der Waals surface area contributed by atoms with Crippen molar-refractivity contribution in [1.82, 2.24) is 0 Å². The van der Waals surface area contributed by atoms with E-state index in [0.717, 1.165) is 16.0 Å². The summed E-state index contributed by atoms with van der Waals surface area (Å²) in [6.45, 7) is 5.77. The Morgan fingerprint density at radius 1 is 1.50 bits per heavy atom. The highest BCUT2D eigenvalue weighted by Gasteiger charge is 2.08. The average Bonchev–Trinajstić information content (AvgIpc) is 2.18. The molecule has 0 fully saturated rings. The van der Waals surface area contributed by atoms with Crippen LogP contribution in [0.3, 0.4) is 0 Å². The number of halogens is 1. The van der Waals surface area contributed by atoms with Crippen LogP contribution in [-0.4, -0.2) is 15.8 Å². The fraction of sp³-hybridized carbons (Fsp3) is 0.273. The Kier molecular flexibility index (Phi) is 4.36. The van der Waals surface area contributed by atoms with Crippen LogP contribution in [0.25, 0.3) is 5.57 Å². The summed E-state index contributed by atoms with van der Waals surface area (Å²) < 4.78 is 11.8. The van der Waals surface area contributed by atoms with Crippen molar-refractivity contribution in [2.45, 2.75) is 11.8 Å². The van der Waals surface area contributed by atoms with Gasteiger partial charge >= 0.3 is 0 Å². The molecule has 0 aliphatic rings. The maximum absolute atomic E-state index is 11.8. The monoisotopic (exact) mass is 228 g/mol. The minimum Gasteiger partial charge on any atom is -0.254 e. The molecule has 1 aromatic rings. The average molecular weight is 229 g/mol. The fourth-order valence-electron chi connectivity index (χ4n) is 1.20. The molecular formula is C11H13ClOS. The van der Waals surface area contributed by atoms with Gasteiger partial charge in [-0.1, -0.05) is 24.8 Å². The van der Waals surface area contributed by atoms with E-state index in [0.29, 0.717) is 11.6 Å². The van der Waals surface area contributed by atoms with E-state index < -0.39 is 10.8 Å². The summed E-state index contributed by atoms with van der Waals surface area (Å²) in [5.41, 5.74) is 1.90. The lowest BCUT2D eigenvalue weighted by Gasteiger charge is -2.07. The Balaban J connectivity index is 3.07. The van der Waals surface area contributed by atoms with Crippen LogP contribution >= 0.6 is 11.6 Å². The standard InChI is InChI=1S/C11H13ClOS/c1-9(2)10-5-3-4-6-11(10)14(13)8-7-12/h3-6H,1,7-8H2,2H3. The largest absolute Gasteiger partial charge is 0.254 e. The van der Waals surface area contributed by atoms with Gasteiger partial charge in [-0.2, -0.15) is 0 Å². The minimum atomic E-state index is -1.01. The molecule has 0 aromatic heterocycles. The second-order valence-electron chi connectivity index (χ2n) is 3.02. The molecule has 0 bridgehead atoms. The predicted molar refractivity (Wildman–Crippen MR) is 63.1 cm³/mol. The van der Waals surface area contributed by atoms with Crippen LogP contribution < -0.4 is 0 Å². The molecule has 1 rings (SSSR count). The molecular weight excluding hydrogens is 216 g/mol. The molecule has 0 aliphatic heterocycles. The molecule has 1 nitrogen and oxygen atoms in total. The predicted octanol–water partition coefficient (Wildman–Crippen LogP) is 3.07. The number of rotatable bonds is 4. The summed E-state index contributed by atoms with van der Waals surface area (Å²) in [5.74, 6) is 0.906. The number of alkyl halides is 1. The van der Waals surface area contributed by atoms with E-state index in [4.69, 9.17) is 11.6 Å². The SMILES string of the molecule is C=C(C)c1ccccc1S(=O)CCCl. The van der Waals surface area contributed by atoms with Crippen molar-refractivity contribution in [3.8, 4) is 0 Å². The van der Waals surface area contributed by atoms with Crippen molar-refractivity contribution >= 4 is 28.0 Å². The number of benzene rings is 1. The second-order valence-corrected chi connectivity index (χ2v) is 4.93. The summed E-state index contributed by atoms with van der Waals surface area (Å²) in [6, 6.07) is 7.61. The number of hydrogen-bond acceptors (Lipinski definition) is 1. The molecule has 1 unspecified atom stereocenters. The molecule has 0 N–H and O–H groups in total. The van der Waals surface area contributed by atoms with E-state index in [1.165, 1.54) is 0 Å². The molecule has 14 heavy (non-hydrogen) atoms. The second kappa shape index (κ2) is 5.32. The lowest BCUT2D eigenvalue weighted by atomic mass is 10.1. The molecule has 1 atom stereocenters. The molecule has 0 saturated heterocycles. The van der Waals surface area contributed by atoms with E-state index in [9.17, 15) is 4.21 Å². The minimum absolute atomic E-state index is 0.414. The topological polar surface area (TPSA) is 17.1 Å². The van der Waals surface area contributed by atoms with Crippen molar-refractivity contribution in [2.24, 2.45) is 0 Å². The quantitative estimate of drug-likeness (QED) is 0.724. The first-order valence-electron chi connectivity index (χ1n) is 4.36. The van der Waals surface area contributed by atoms with E-state index in [1.807, 2.05) is 31.2 Å².